The van der Waals surface area contributed by atoms with E-state index in [4.69, 9.17) is 0 Å². The average molecular weight is 263 g/mol. The molecule has 0 saturated carbocycles. The molecule has 1 aromatic heterocycles. The van der Waals surface area contributed by atoms with Crippen molar-refractivity contribution in [3.63, 3.8) is 0 Å². The highest BCUT2D eigenvalue weighted by molar-refractivity contribution is 7.99. The van der Waals surface area contributed by atoms with Gasteiger partial charge in [0.15, 0.2) is 0 Å². The van der Waals surface area contributed by atoms with Gasteiger partial charge in [-0.3, -0.25) is 5.32 Å². The van der Waals surface area contributed by atoms with Gasteiger partial charge in [-0.05, 0) is 50.6 Å². The zero-order valence-corrected chi connectivity index (χ0v) is 12.0. The van der Waals surface area contributed by atoms with E-state index in [0.717, 1.165) is 36.6 Å². The normalized spacial score (nSPS) is 13.8. The summed E-state index contributed by atoms with van der Waals surface area (Å²) in [5, 5.41) is 13.6. The summed E-state index contributed by atoms with van der Waals surface area (Å²) in [4.78, 5) is 4.26. The van der Waals surface area contributed by atoms with Gasteiger partial charge in [0.25, 0.3) is 0 Å². The molecule has 98 valence electrons. The van der Waals surface area contributed by atoms with Gasteiger partial charge in [0, 0.05) is 6.20 Å². The van der Waals surface area contributed by atoms with Gasteiger partial charge < -0.3 is 0 Å². The number of nitrogens with one attached hydrogen (secondary N) is 1. The zero-order valence-electron chi connectivity index (χ0n) is 11.1. The molecule has 1 rings (SSSR count). The van der Waals surface area contributed by atoms with E-state index in [1.165, 1.54) is 0 Å². The Kier molecular flexibility index (Phi) is 6.77. The van der Waals surface area contributed by atoms with Crippen molar-refractivity contribution >= 4 is 11.8 Å². The smallest absolute Gasteiger partial charge is 0.103 e. The molecule has 0 aliphatic rings. The Hall–Kier alpha value is -1.05. The van der Waals surface area contributed by atoms with E-state index in [0.29, 0.717) is 0 Å². The summed E-state index contributed by atoms with van der Waals surface area (Å²) in [6, 6.07) is 8.31. The molecule has 1 atom stereocenters. The maximum absolute atomic E-state index is 9.20. The van der Waals surface area contributed by atoms with Gasteiger partial charge in [-0.2, -0.15) is 5.26 Å². The van der Waals surface area contributed by atoms with Crippen molar-refractivity contribution in [2.45, 2.75) is 43.7 Å². The van der Waals surface area contributed by atoms with Crippen LogP contribution in [0.15, 0.2) is 29.4 Å². The molecule has 0 amide bonds. The lowest BCUT2D eigenvalue weighted by Crippen LogP contribution is -2.41. The van der Waals surface area contributed by atoms with Gasteiger partial charge in [0.05, 0.1) is 11.1 Å². The molecule has 0 radical (unpaired) electrons. The minimum atomic E-state index is -0.388. The molecule has 3 nitrogen and oxygen atoms in total. The van der Waals surface area contributed by atoms with Crippen molar-refractivity contribution in [1.29, 1.82) is 5.26 Å². The Balaban J connectivity index is 2.26. The molecule has 0 saturated heterocycles. The highest BCUT2D eigenvalue weighted by atomic mass is 32.2. The second-order valence-corrected chi connectivity index (χ2v) is 5.61. The fourth-order valence-corrected chi connectivity index (χ4v) is 2.43. The maximum atomic E-state index is 9.20. The van der Waals surface area contributed by atoms with Crippen molar-refractivity contribution in [2.24, 2.45) is 0 Å². The van der Waals surface area contributed by atoms with E-state index in [9.17, 15) is 5.26 Å². The van der Waals surface area contributed by atoms with Crippen molar-refractivity contribution in [2.75, 3.05) is 12.3 Å². The lowest BCUT2D eigenvalue weighted by molar-refractivity contribution is 0.415. The van der Waals surface area contributed by atoms with Crippen LogP contribution in [0.4, 0.5) is 0 Å². The first-order chi connectivity index (χ1) is 8.70. The second-order valence-electron chi connectivity index (χ2n) is 4.49. The largest absolute Gasteiger partial charge is 0.300 e. The van der Waals surface area contributed by atoms with E-state index in [2.05, 4.69) is 23.3 Å². The van der Waals surface area contributed by atoms with Crippen LogP contribution in [-0.4, -0.2) is 22.8 Å². The van der Waals surface area contributed by atoms with Gasteiger partial charge in [0.2, 0.25) is 0 Å². The lowest BCUT2D eigenvalue weighted by Gasteiger charge is -2.22. The first-order valence-corrected chi connectivity index (χ1v) is 7.39. The SMILES string of the molecule is CCCNC(C)(C#N)CCCSc1ccccn1. The molecular formula is C14H21N3S. The Bertz CT molecular complexity index is 374. The molecule has 0 fully saturated rings. The van der Waals surface area contributed by atoms with E-state index in [1.807, 2.05) is 31.3 Å². The quantitative estimate of drug-likeness (QED) is 0.578. The monoisotopic (exact) mass is 263 g/mol. The van der Waals surface area contributed by atoms with Gasteiger partial charge in [-0.25, -0.2) is 4.98 Å². The molecule has 0 bridgehead atoms. The van der Waals surface area contributed by atoms with Crippen LogP contribution in [0.1, 0.15) is 33.1 Å². The van der Waals surface area contributed by atoms with Crippen LogP contribution in [0.5, 0.6) is 0 Å². The van der Waals surface area contributed by atoms with Crippen molar-refractivity contribution in [3.05, 3.63) is 24.4 Å². The highest BCUT2D eigenvalue weighted by Gasteiger charge is 2.21. The third-order valence-corrected chi connectivity index (χ3v) is 3.75. The van der Waals surface area contributed by atoms with Gasteiger partial charge in [-0.1, -0.05) is 13.0 Å². The predicted octanol–water partition coefficient (Wildman–Crippen LogP) is 3.24. The third kappa shape index (κ3) is 5.52. The summed E-state index contributed by atoms with van der Waals surface area (Å²) in [7, 11) is 0. The number of pyridine rings is 1. The summed E-state index contributed by atoms with van der Waals surface area (Å²) in [5.41, 5.74) is -0.388. The van der Waals surface area contributed by atoms with Gasteiger partial charge >= 0.3 is 0 Å². The van der Waals surface area contributed by atoms with E-state index in [1.54, 1.807) is 11.8 Å². The van der Waals surface area contributed by atoms with E-state index in [-0.39, 0.29) is 5.54 Å². The molecule has 4 heteroatoms. The van der Waals surface area contributed by atoms with Crippen LogP contribution in [0.3, 0.4) is 0 Å². The van der Waals surface area contributed by atoms with E-state index >= 15 is 0 Å². The van der Waals surface area contributed by atoms with Crippen LogP contribution < -0.4 is 5.32 Å². The van der Waals surface area contributed by atoms with Crippen molar-refractivity contribution in [3.8, 4) is 6.07 Å². The summed E-state index contributed by atoms with van der Waals surface area (Å²) in [5.74, 6) is 1.00. The Morgan fingerprint density at radius 2 is 2.33 bits per heavy atom. The first kappa shape index (κ1) is 15.0. The summed E-state index contributed by atoms with van der Waals surface area (Å²) < 4.78 is 0. The Morgan fingerprint density at radius 1 is 1.50 bits per heavy atom. The minimum absolute atomic E-state index is 0.388. The predicted molar refractivity (Wildman–Crippen MR) is 76.5 cm³/mol. The zero-order chi connectivity index (χ0) is 13.3. The number of nitriles is 1. The van der Waals surface area contributed by atoms with Crippen LogP contribution in [0, 0.1) is 11.3 Å². The van der Waals surface area contributed by atoms with Crippen molar-refractivity contribution in [1.82, 2.24) is 10.3 Å². The lowest BCUT2D eigenvalue weighted by atomic mass is 9.98. The molecule has 1 N–H and O–H groups in total. The molecule has 0 aromatic carbocycles. The van der Waals surface area contributed by atoms with Gasteiger partial charge in [-0.15, -0.1) is 11.8 Å². The summed E-state index contributed by atoms with van der Waals surface area (Å²) in [6.45, 7) is 4.99. The van der Waals surface area contributed by atoms with Gasteiger partial charge in [0.1, 0.15) is 5.54 Å². The molecule has 0 aliphatic carbocycles. The minimum Gasteiger partial charge on any atom is -0.300 e. The second kappa shape index (κ2) is 8.12. The topological polar surface area (TPSA) is 48.7 Å². The average Bonchev–Trinajstić information content (AvgIpc) is 2.43. The summed E-state index contributed by atoms with van der Waals surface area (Å²) >= 11 is 1.75. The molecule has 1 heterocycles. The van der Waals surface area contributed by atoms with Crippen molar-refractivity contribution < 1.29 is 0 Å². The third-order valence-electron chi connectivity index (χ3n) is 2.72. The molecule has 1 unspecified atom stereocenters. The molecule has 18 heavy (non-hydrogen) atoms. The number of hydrogen-bond donors (Lipinski definition) is 1. The number of hydrogen-bond acceptors (Lipinski definition) is 4. The van der Waals surface area contributed by atoms with Crippen LogP contribution in [0.25, 0.3) is 0 Å². The van der Waals surface area contributed by atoms with Crippen LogP contribution in [-0.2, 0) is 0 Å². The first-order valence-electron chi connectivity index (χ1n) is 6.40. The molecular weight excluding hydrogens is 242 g/mol. The standard InChI is InChI=1S/C14H21N3S/c1-3-9-17-14(2,12-15)8-6-11-18-13-7-4-5-10-16-13/h4-5,7,10,17H,3,6,8-9,11H2,1-2H3. The number of rotatable bonds is 8. The van der Waals surface area contributed by atoms with Crippen LogP contribution >= 0.6 is 11.8 Å². The Morgan fingerprint density at radius 3 is 2.94 bits per heavy atom. The number of aromatic nitrogens is 1. The molecule has 0 spiro atoms. The maximum Gasteiger partial charge on any atom is 0.103 e. The number of nitrogens with zero attached hydrogens (tertiary/aromatic N) is 2. The fraction of sp³-hybridized carbons (Fsp3) is 0.571. The molecule has 0 aliphatic heterocycles. The van der Waals surface area contributed by atoms with E-state index < -0.39 is 0 Å². The Labute approximate surface area is 114 Å². The highest BCUT2D eigenvalue weighted by Crippen LogP contribution is 2.19. The summed E-state index contributed by atoms with van der Waals surface area (Å²) in [6.07, 6.45) is 4.76. The number of thioether (sulfide) groups is 1. The van der Waals surface area contributed by atoms with Crippen LogP contribution in [0.2, 0.25) is 0 Å². The fourth-order valence-electron chi connectivity index (χ4n) is 1.62. The molecule has 1 aromatic rings.